The lowest BCUT2D eigenvalue weighted by atomic mass is 10.1. The summed E-state index contributed by atoms with van der Waals surface area (Å²) in [5.41, 5.74) is 0.697. The van der Waals surface area contributed by atoms with E-state index in [2.05, 4.69) is 20.8 Å². The predicted octanol–water partition coefficient (Wildman–Crippen LogP) is 2.82. The van der Waals surface area contributed by atoms with E-state index in [0.717, 1.165) is 24.4 Å². The third kappa shape index (κ3) is 5.73. The molecule has 1 saturated heterocycles. The van der Waals surface area contributed by atoms with Crippen LogP contribution in [0.25, 0.3) is 0 Å². The second-order valence-corrected chi connectivity index (χ2v) is 6.94. The van der Waals surface area contributed by atoms with Crippen molar-refractivity contribution in [3.05, 3.63) is 41.5 Å². The molecule has 0 radical (unpaired) electrons. The van der Waals surface area contributed by atoms with Gasteiger partial charge in [-0.25, -0.2) is 0 Å². The molecule has 2 heterocycles. The van der Waals surface area contributed by atoms with E-state index in [1.807, 2.05) is 24.3 Å². The number of rotatable bonds is 7. The summed E-state index contributed by atoms with van der Waals surface area (Å²) in [6.07, 6.45) is 2.22. The van der Waals surface area contributed by atoms with Crippen molar-refractivity contribution in [3.8, 4) is 0 Å². The molecule has 1 amide bonds. The molecule has 0 saturated carbocycles. The van der Waals surface area contributed by atoms with Crippen LogP contribution in [0.5, 0.6) is 0 Å². The highest BCUT2D eigenvalue weighted by molar-refractivity contribution is 7.98. The van der Waals surface area contributed by atoms with Crippen molar-refractivity contribution in [2.75, 3.05) is 19.6 Å². The van der Waals surface area contributed by atoms with Crippen LogP contribution in [0.15, 0.2) is 33.7 Å². The highest BCUT2D eigenvalue weighted by Crippen LogP contribution is 2.25. The molecule has 1 aromatic heterocycles. The van der Waals surface area contributed by atoms with Gasteiger partial charge in [-0.15, -0.1) is 24.2 Å². The Morgan fingerprint density at radius 1 is 1.44 bits per heavy atom. The lowest BCUT2D eigenvalue weighted by molar-refractivity contribution is 0.0948. The van der Waals surface area contributed by atoms with Gasteiger partial charge in [-0.1, -0.05) is 17.3 Å². The fourth-order valence-corrected chi connectivity index (χ4v) is 3.65. The number of thioether (sulfide) groups is 1. The van der Waals surface area contributed by atoms with Crippen LogP contribution >= 0.6 is 24.2 Å². The normalized spacial score (nSPS) is 16.4. The predicted molar refractivity (Wildman–Crippen MR) is 100 cm³/mol. The zero-order valence-electron chi connectivity index (χ0n) is 14.2. The van der Waals surface area contributed by atoms with Crippen LogP contribution in [0.1, 0.15) is 34.9 Å². The fraction of sp³-hybridized carbons (Fsp3) is 0.471. The zero-order chi connectivity index (χ0) is 16.8. The number of halogens is 1. The van der Waals surface area contributed by atoms with Gasteiger partial charge in [-0.3, -0.25) is 4.79 Å². The van der Waals surface area contributed by atoms with Crippen LogP contribution in [-0.4, -0.2) is 35.7 Å². The molecule has 2 aromatic rings. The van der Waals surface area contributed by atoms with E-state index in [1.165, 1.54) is 18.2 Å². The van der Waals surface area contributed by atoms with E-state index < -0.39 is 0 Å². The van der Waals surface area contributed by atoms with E-state index in [-0.39, 0.29) is 18.3 Å². The third-order valence-electron chi connectivity index (χ3n) is 4.05. The molecular formula is C17H23ClN4O2S. The molecule has 1 unspecified atom stereocenters. The Morgan fingerprint density at radius 2 is 2.28 bits per heavy atom. The highest BCUT2D eigenvalue weighted by Gasteiger charge is 2.16. The number of carbonyl (C=O) groups is 1. The number of benzene rings is 1. The van der Waals surface area contributed by atoms with Gasteiger partial charge >= 0.3 is 0 Å². The summed E-state index contributed by atoms with van der Waals surface area (Å²) < 4.78 is 5.12. The third-order valence-corrected chi connectivity index (χ3v) is 5.11. The summed E-state index contributed by atoms with van der Waals surface area (Å²) in [4.78, 5) is 17.6. The first kappa shape index (κ1) is 19.8. The maximum absolute atomic E-state index is 12.5. The molecule has 136 valence electrons. The van der Waals surface area contributed by atoms with Gasteiger partial charge in [0.25, 0.3) is 5.91 Å². The lowest BCUT2D eigenvalue weighted by Gasteiger charge is -2.11. The average molecular weight is 383 g/mol. The molecule has 3 rings (SSSR count). The molecule has 1 aliphatic rings. The van der Waals surface area contributed by atoms with Crippen LogP contribution in [0.3, 0.4) is 0 Å². The summed E-state index contributed by atoms with van der Waals surface area (Å²) in [7, 11) is 0. The van der Waals surface area contributed by atoms with Crippen molar-refractivity contribution in [2.24, 2.45) is 5.92 Å². The van der Waals surface area contributed by atoms with Gasteiger partial charge in [0.2, 0.25) is 5.89 Å². The van der Waals surface area contributed by atoms with Crippen LogP contribution < -0.4 is 10.6 Å². The van der Waals surface area contributed by atoms with Crippen LogP contribution in [0.4, 0.5) is 0 Å². The van der Waals surface area contributed by atoms with Gasteiger partial charge in [0, 0.05) is 11.4 Å². The van der Waals surface area contributed by atoms with Crippen LogP contribution in [-0.2, 0) is 5.75 Å². The second kappa shape index (κ2) is 9.79. The van der Waals surface area contributed by atoms with E-state index >= 15 is 0 Å². The number of hydrogen-bond donors (Lipinski definition) is 2. The topological polar surface area (TPSA) is 80.0 Å². The number of nitrogens with one attached hydrogen (secondary N) is 2. The van der Waals surface area contributed by atoms with E-state index in [4.69, 9.17) is 4.52 Å². The van der Waals surface area contributed by atoms with Gasteiger partial charge < -0.3 is 15.2 Å². The Labute approximate surface area is 157 Å². The van der Waals surface area contributed by atoms with E-state index in [9.17, 15) is 4.79 Å². The first-order valence-electron chi connectivity index (χ1n) is 8.22. The Kier molecular flexibility index (Phi) is 7.74. The number of nitrogens with zero attached hydrogens (tertiary/aromatic N) is 2. The molecule has 1 aliphatic heterocycles. The van der Waals surface area contributed by atoms with Crippen molar-refractivity contribution in [1.29, 1.82) is 0 Å². The molecule has 0 spiro atoms. The van der Waals surface area contributed by atoms with Crippen molar-refractivity contribution >= 4 is 30.1 Å². The maximum atomic E-state index is 12.5. The van der Waals surface area contributed by atoms with Gasteiger partial charge in [0.05, 0.1) is 11.3 Å². The molecule has 25 heavy (non-hydrogen) atoms. The van der Waals surface area contributed by atoms with Gasteiger partial charge in [-0.2, -0.15) is 4.98 Å². The first-order valence-corrected chi connectivity index (χ1v) is 9.21. The van der Waals surface area contributed by atoms with Crippen LogP contribution in [0.2, 0.25) is 0 Å². The molecule has 0 aliphatic carbocycles. The Balaban J connectivity index is 0.00000225. The molecule has 6 nitrogen and oxygen atoms in total. The second-order valence-electron chi connectivity index (χ2n) is 5.92. The summed E-state index contributed by atoms with van der Waals surface area (Å²) in [5, 5.41) is 10.2. The zero-order valence-corrected chi connectivity index (χ0v) is 15.8. The Hall–Kier alpha value is -1.57. The standard InChI is InChI=1S/C17H22N4O2S.ClH/c1-12-20-16(23-21-12)11-24-15-5-3-2-4-14(15)17(22)19-9-7-13-6-8-18-10-13;/h2-5,13,18H,6-11H2,1H3,(H,19,22);1H. The maximum Gasteiger partial charge on any atom is 0.252 e. The Morgan fingerprint density at radius 3 is 3.00 bits per heavy atom. The molecule has 2 N–H and O–H groups in total. The monoisotopic (exact) mass is 382 g/mol. The minimum atomic E-state index is -0.0224. The summed E-state index contributed by atoms with van der Waals surface area (Å²) in [6, 6.07) is 7.62. The molecule has 1 atom stereocenters. The van der Waals surface area contributed by atoms with E-state index in [1.54, 1.807) is 6.92 Å². The van der Waals surface area contributed by atoms with Crippen molar-refractivity contribution in [3.63, 3.8) is 0 Å². The van der Waals surface area contributed by atoms with E-state index in [0.29, 0.717) is 35.5 Å². The van der Waals surface area contributed by atoms with Gasteiger partial charge in [0.15, 0.2) is 5.82 Å². The molecular weight excluding hydrogens is 360 g/mol. The minimum absolute atomic E-state index is 0. The number of carbonyl (C=O) groups excluding carboxylic acids is 1. The van der Waals surface area contributed by atoms with Gasteiger partial charge in [-0.05, 0) is 50.9 Å². The quantitative estimate of drug-likeness (QED) is 0.717. The summed E-state index contributed by atoms with van der Waals surface area (Å²) in [5.74, 6) is 2.40. The molecule has 1 aromatic carbocycles. The smallest absolute Gasteiger partial charge is 0.252 e. The SMILES string of the molecule is Cc1noc(CSc2ccccc2C(=O)NCCC2CCNC2)n1.Cl. The molecule has 8 heteroatoms. The largest absolute Gasteiger partial charge is 0.352 e. The minimum Gasteiger partial charge on any atom is -0.352 e. The first-order chi connectivity index (χ1) is 11.7. The fourth-order valence-electron chi connectivity index (χ4n) is 2.76. The summed E-state index contributed by atoms with van der Waals surface area (Å²) in [6.45, 7) is 4.66. The van der Waals surface area contributed by atoms with Gasteiger partial charge in [0.1, 0.15) is 0 Å². The number of amides is 1. The molecule has 0 bridgehead atoms. The Bertz CT molecular complexity index is 689. The average Bonchev–Trinajstić information content (AvgIpc) is 3.25. The number of hydrogen-bond acceptors (Lipinski definition) is 6. The van der Waals surface area contributed by atoms with Crippen LogP contribution in [0, 0.1) is 12.8 Å². The van der Waals surface area contributed by atoms with Crippen molar-refractivity contribution in [1.82, 2.24) is 20.8 Å². The summed E-state index contributed by atoms with van der Waals surface area (Å²) >= 11 is 1.53. The number of aromatic nitrogens is 2. The van der Waals surface area contributed by atoms with Crippen molar-refractivity contribution in [2.45, 2.75) is 30.4 Å². The molecule has 1 fully saturated rings. The van der Waals surface area contributed by atoms with Crippen molar-refractivity contribution < 1.29 is 9.32 Å². The highest BCUT2D eigenvalue weighted by atomic mass is 35.5. The lowest BCUT2D eigenvalue weighted by Crippen LogP contribution is -2.26. The number of aryl methyl sites for hydroxylation is 1.